The Hall–Kier alpha value is -0.790. The van der Waals surface area contributed by atoms with Gasteiger partial charge in [0.25, 0.3) is 0 Å². The van der Waals surface area contributed by atoms with Gasteiger partial charge in [-0.25, -0.2) is 0 Å². The minimum absolute atomic E-state index is 0.247. The Labute approximate surface area is 94.7 Å². The van der Waals surface area contributed by atoms with E-state index < -0.39 is 0 Å². The number of ether oxygens (including phenoxy) is 1. The van der Waals surface area contributed by atoms with Gasteiger partial charge in [-0.3, -0.25) is 4.79 Å². The van der Waals surface area contributed by atoms with Crippen molar-refractivity contribution in [2.75, 3.05) is 0 Å². The van der Waals surface area contributed by atoms with E-state index in [1.54, 1.807) is 0 Å². The molecular formula is C13H26O2. The smallest absolute Gasteiger partial charge is 0.307 e. The lowest BCUT2D eigenvalue weighted by Gasteiger charge is -2.20. The van der Waals surface area contributed by atoms with E-state index in [1.165, 1.54) is 6.92 Å². The topological polar surface area (TPSA) is 26.3 Å². The van der Waals surface area contributed by atoms with Crippen LogP contribution in [0.4, 0.5) is 0 Å². The minimum atomic E-state index is -0.247. The first kappa shape index (κ1) is 16.6. The molecule has 0 amide bonds. The molecule has 2 nitrogen and oxygen atoms in total. The highest BCUT2D eigenvalue weighted by atomic mass is 16.5. The van der Waals surface area contributed by atoms with Crippen LogP contribution < -0.4 is 0 Å². The predicted molar refractivity (Wildman–Crippen MR) is 65.6 cm³/mol. The summed E-state index contributed by atoms with van der Waals surface area (Å²) in [7, 11) is 0. The first-order valence-electron chi connectivity index (χ1n) is 5.72. The van der Waals surface area contributed by atoms with E-state index >= 15 is 0 Å². The Morgan fingerprint density at radius 3 is 2.07 bits per heavy atom. The monoisotopic (exact) mass is 214 g/mol. The van der Waals surface area contributed by atoms with Gasteiger partial charge in [0.15, 0.2) is 0 Å². The highest BCUT2D eigenvalue weighted by molar-refractivity contribution is 5.67. The number of hydrogen-bond donors (Lipinski definition) is 0. The number of esters is 1. The number of hydrogen-bond acceptors (Lipinski definition) is 2. The molecule has 15 heavy (non-hydrogen) atoms. The molecule has 0 unspecified atom stereocenters. The molecule has 0 radical (unpaired) electrons. The number of carbonyl (C=O) groups excluding carboxylic acids is 1. The highest BCUT2D eigenvalue weighted by Gasteiger charge is 2.13. The lowest BCUT2D eigenvalue weighted by atomic mass is 9.86. The van der Waals surface area contributed by atoms with Crippen LogP contribution in [0, 0.1) is 5.41 Å². The summed E-state index contributed by atoms with van der Waals surface area (Å²) in [5, 5.41) is 0. The zero-order valence-electron chi connectivity index (χ0n) is 11.3. The number of carbonyl (C=O) groups is 1. The summed E-state index contributed by atoms with van der Waals surface area (Å²) in [5.41, 5.74) is 0.293. The predicted octanol–water partition coefficient (Wildman–Crippen LogP) is 4.31. The van der Waals surface area contributed by atoms with Crippen LogP contribution in [0.5, 0.6) is 0 Å². The lowest BCUT2D eigenvalue weighted by Crippen LogP contribution is -2.08. The molecule has 0 atom stereocenters. The normalized spacial score (nSPS) is 11.5. The van der Waals surface area contributed by atoms with Crippen molar-refractivity contribution in [3.05, 3.63) is 11.8 Å². The van der Waals surface area contributed by atoms with Crippen LogP contribution in [0.25, 0.3) is 0 Å². The van der Waals surface area contributed by atoms with Gasteiger partial charge in [-0.1, -0.05) is 41.0 Å². The van der Waals surface area contributed by atoms with E-state index in [4.69, 9.17) is 4.74 Å². The first-order chi connectivity index (χ1) is 6.87. The Morgan fingerprint density at radius 2 is 1.73 bits per heavy atom. The molecule has 2 heteroatoms. The van der Waals surface area contributed by atoms with Crippen LogP contribution >= 0.6 is 0 Å². The first-order valence-corrected chi connectivity index (χ1v) is 5.72. The van der Waals surface area contributed by atoms with Gasteiger partial charge in [0.2, 0.25) is 0 Å². The van der Waals surface area contributed by atoms with E-state index in [2.05, 4.69) is 20.8 Å². The maximum Gasteiger partial charge on any atom is 0.307 e. The average Bonchev–Trinajstić information content (AvgIpc) is 2.17. The van der Waals surface area contributed by atoms with E-state index in [9.17, 15) is 4.79 Å². The molecule has 0 aliphatic heterocycles. The fraction of sp³-hybridized carbons (Fsp3) is 0.769. The van der Waals surface area contributed by atoms with Gasteiger partial charge >= 0.3 is 5.97 Å². The molecule has 0 N–H and O–H groups in total. The SMILES string of the molecule is CC.CCC(C)(C)C/C=C(\C)OC(C)=O. The van der Waals surface area contributed by atoms with Crippen LogP contribution in [-0.4, -0.2) is 5.97 Å². The summed E-state index contributed by atoms with van der Waals surface area (Å²) in [6, 6.07) is 0. The molecule has 0 aromatic heterocycles. The molecule has 0 aromatic carbocycles. The summed E-state index contributed by atoms with van der Waals surface area (Å²) < 4.78 is 4.91. The van der Waals surface area contributed by atoms with E-state index in [-0.39, 0.29) is 5.97 Å². The van der Waals surface area contributed by atoms with Gasteiger partial charge < -0.3 is 4.74 Å². The molecule has 0 saturated carbocycles. The Kier molecular flexibility index (Phi) is 9.44. The van der Waals surface area contributed by atoms with Crippen molar-refractivity contribution >= 4 is 5.97 Å². The molecule has 0 rings (SSSR count). The summed E-state index contributed by atoms with van der Waals surface area (Å²) >= 11 is 0. The van der Waals surface area contributed by atoms with Gasteiger partial charge in [0.1, 0.15) is 5.76 Å². The molecular weight excluding hydrogens is 188 g/mol. The average molecular weight is 214 g/mol. The molecule has 0 saturated heterocycles. The third-order valence-electron chi connectivity index (χ3n) is 2.20. The maximum atomic E-state index is 10.6. The third-order valence-corrected chi connectivity index (χ3v) is 2.20. The van der Waals surface area contributed by atoms with E-state index in [1.807, 2.05) is 26.8 Å². The third kappa shape index (κ3) is 11.1. The summed E-state index contributed by atoms with van der Waals surface area (Å²) in [5.74, 6) is 0.456. The van der Waals surface area contributed by atoms with Crippen molar-refractivity contribution in [1.29, 1.82) is 0 Å². The number of allylic oxidation sites excluding steroid dienone is 2. The standard InChI is InChI=1S/C11H20O2.C2H6/c1-6-11(4,5)8-7-9(2)13-10(3)12;1-2/h7H,6,8H2,1-5H3;1-2H3/b9-7+;. The van der Waals surface area contributed by atoms with Crippen molar-refractivity contribution in [1.82, 2.24) is 0 Å². The zero-order chi connectivity index (χ0) is 12.5. The van der Waals surface area contributed by atoms with Crippen LogP contribution in [0.15, 0.2) is 11.8 Å². The largest absolute Gasteiger partial charge is 0.432 e. The molecule has 0 heterocycles. The molecule has 0 aliphatic rings. The molecule has 90 valence electrons. The van der Waals surface area contributed by atoms with Gasteiger partial charge in [-0.05, 0) is 24.8 Å². The molecule has 0 bridgehead atoms. The van der Waals surface area contributed by atoms with E-state index in [0.29, 0.717) is 11.2 Å². The molecule has 0 aliphatic carbocycles. The molecule has 0 spiro atoms. The van der Waals surface area contributed by atoms with Crippen LogP contribution in [-0.2, 0) is 9.53 Å². The van der Waals surface area contributed by atoms with Crippen molar-refractivity contribution in [3.63, 3.8) is 0 Å². The number of rotatable bonds is 4. The maximum absolute atomic E-state index is 10.6. The molecule has 0 fully saturated rings. The van der Waals surface area contributed by atoms with Crippen molar-refractivity contribution < 1.29 is 9.53 Å². The Balaban J connectivity index is 0. The fourth-order valence-corrected chi connectivity index (χ4v) is 0.833. The highest BCUT2D eigenvalue weighted by Crippen LogP contribution is 2.25. The van der Waals surface area contributed by atoms with Gasteiger partial charge in [-0.2, -0.15) is 0 Å². The fourth-order valence-electron chi connectivity index (χ4n) is 0.833. The quantitative estimate of drug-likeness (QED) is 0.515. The van der Waals surface area contributed by atoms with Crippen molar-refractivity contribution in [2.24, 2.45) is 5.41 Å². The Morgan fingerprint density at radius 1 is 1.27 bits per heavy atom. The van der Waals surface area contributed by atoms with Crippen molar-refractivity contribution in [2.45, 2.75) is 61.3 Å². The van der Waals surface area contributed by atoms with Crippen LogP contribution in [0.1, 0.15) is 61.3 Å². The van der Waals surface area contributed by atoms with Gasteiger partial charge in [-0.15, -0.1) is 0 Å². The second-order valence-electron chi connectivity index (χ2n) is 4.13. The zero-order valence-corrected chi connectivity index (χ0v) is 11.3. The summed E-state index contributed by atoms with van der Waals surface area (Å²) in [6.45, 7) is 13.8. The lowest BCUT2D eigenvalue weighted by molar-refractivity contribution is -0.136. The van der Waals surface area contributed by atoms with Crippen molar-refractivity contribution in [3.8, 4) is 0 Å². The summed E-state index contributed by atoms with van der Waals surface area (Å²) in [6.07, 6.45) is 4.05. The van der Waals surface area contributed by atoms with Crippen LogP contribution in [0.3, 0.4) is 0 Å². The minimum Gasteiger partial charge on any atom is -0.432 e. The Bertz CT molecular complexity index is 203. The van der Waals surface area contributed by atoms with Gasteiger partial charge in [0.05, 0.1) is 0 Å². The van der Waals surface area contributed by atoms with Crippen LogP contribution in [0.2, 0.25) is 0 Å². The van der Waals surface area contributed by atoms with Gasteiger partial charge in [0, 0.05) is 6.92 Å². The molecule has 0 aromatic rings. The summed E-state index contributed by atoms with van der Waals surface area (Å²) in [4.78, 5) is 10.6. The van der Waals surface area contributed by atoms with E-state index in [0.717, 1.165) is 12.8 Å². The second-order valence-corrected chi connectivity index (χ2v) is 4.13. The second kappa shape index (κ2) is 8.51.